The average Bonchev–Trinajstić information content (AvgIpc) is 2.90. The second kappa shape index (κ2) is 6.73. The van der Waals surface area contributed by atoms with Crippen LogP contribution in [0.1, 0.15) is 11.3 Å². The first-order valence-electron chi connectivity index (χ1n) is 6.33. The van der Waals surface area contributed by atoms with Gasteiger partial charge in [-0.1, -0.05) is 18.2 Å². The molecular weight excluding hydrogens is 308 g/mol. The molecule has 1 aromatic carbocycles. The van der Waals surface area contributed by atoms with Crippen molar-refractivity contribution in [3.8, 4) is 0 Å². The standard InChI is InChI=1S/C14H16N2O3S2/c1-21(18,19)16-13-7-3-2-6-12(13)15-14(17)9-8-11-5-4-10-20-11/h2-7,10,16H,8-9H2,1H3,(H,15,17). The fourth-order valence-electron chi connectivity index (χ4n) is 1.79. The predicted octanol–water partition coefficient (Wildman–Crippen LogP) is 2.69. The van der Waals surface area contributed by atoms with Gasteiger partial charge in [0.15, 0.2) is 0 Å². The van der Waals surface area contributed by atoms with E-state index in [-0.39, 0.29) is 5.91 Å². The molecule has 0 aliphatic heterocycles. The SMILES string of the molecule is CS(=O)(=O)Nc1ccccc1NC(=O)CCc1cccs1. The van der Waals surface area contributed by atoms with E-state index in [2.05, 4.69) is 10.0 Å². The van der Waals surface area contributed by atoms with Crippen molar-refractivity contribution in [1.29, 1.82) is 0 Å². The summed E-state index contributed by atoms with van der Waals surface area (Å²) in [5, 5.41) is 4.71. The monoisotopic (exact) mass is 324 g/mol. The molecule has 0 atom stereocenters. The topological polar surface area (TPSA) is 75.3 Å². The van der Waals surface area contributed by atoms with Crippen molar-refractivity contribution in [1.82, 2.24) is 0 Å². The van der Waals surface area contributed by atoms with Crippen LogP contribution in [0, 0.1) is 0 Å². The molecule has 0 aliphatic carbocycles. The number of amides is 1. The Labute approximate surface area is 128 Å². The molecule has 1 aromatic heterocycles. The van der Waals surface area contributed by atoms with E-state index in [4.69, 9.17) is 0 Å². The summed E-state index contributed by atoms with van der Waals surface area (Å²) in [6, 6.07) is 10.6. The van der Waals surface area contributed by atoms with Gasteiger partial charge >= 0.3 is 0 Å². The van der Waals surface area contributed by atoms with Crippen molar-refractivity contribution in [3.63, 3.8) is 0 Å². The van der Waals surface area contributed by atoms with Gasteiger partial charge in [-0.3, -0.25) is 9.52 Å². The lowest BCUT2D eigenvalue weighted by atomic mass is 10.2. The minimum absolute atomic E-state index is 0.147. The molecule has 2 N–H and O–H groups in total. The van der Waals surface area contributed by atoms with E-state index in [0.29, 0.717) is 24.2 Å². The number of rotatable bonds is 6. The number of sulfonamides is 1. The van der Waals surface area contributed by atoms with Crippen molar-refractivity contribution in [3.05, 3.63) is 46.7 Å². The maximum absolute atomic E-state index is 11.9. The summed E-state index contributed by atoms with van der Waals surface area (Å²) >= 11 is 1.61. The number of benzene rings is 1. The maximum Gasteiger partial charge on any atom is 0.229 e. The summed E-state index contributed by atoms with van der Waals surface area (Å²) in [5.74, 6) is -0.147. The van der Waals surface area contributed by atoms with E-state index in [0.717, 1.165) is 11.1 Å². The Bertz CT molecular complexity index is 710. The van der Waals surface area contributed by atoms with Crippen LogP contribution in [0.5, 0.6) is 0 Å². The Hall–Kier alpha value is -1.86. The molecule has 0 fully saturated rings. The number of anilines is 2. The summed E-state index contributed by atoms with van der Waals surface area (Å²) in [5.41, 5.74) is 0.823. The molecule has 1 heterocycles. The van der Waals surface area contributed by atoms with E-state index in [1.807, 2.05) is 17.5 Å². The van der Waals surface area contributed by atoms with Crippen LogP contribution < -0.4 is 10.0 Å². The highest BCUT2D eigenvalue weighted by molar-refractivity contribution is 7.92. The molecule has 2 aromatic rings. The summed E-state index contributed by atoms with van der Waals surface area (Å²) in [7, 11) is -3.38. The van der Waals surface area contributed by atoms with Crippen LogP contribution in [0.25, 0.3) is 0 Å². The number of carbonyl (C=O) groups is 1. The van der Waals surface area contributed by atoms with Gasteiger partial charge in [0.05, 0.1) is 17.6 Å². The molecular formula is C14H16N2O3S2. The third-order valence-corrected chi connectivity index (χ3v) is 4.20. The molecule has 2 rings (SSSR count). The van der Waals surface area contributed by atoms with Crippen LogP contribution in [-0.4, -0.2) is 20.6 Å². The second-order valence-electron chi connectivity index (χ2n) is 4.55. The number of nitrogens with one attached hydrogen (secondary N) is 2. The normalized spacial score (nSPS) is 11.1. The van der Waals surface area contributed by atoms with Crippen molar-refractivity contribution in [2.24, 2.45) is 0 Å². The lowest BCUT2D eigenvalue weighted by Crippen LogP contribution is -2.16. The van der Waals surface area contributed by atoms with Gasteiger partial charge in [-0.25, -0.2) is 8.42 Å². The van der Waals surface area contributed by atoms with Crippen molar-refractivity contribution >= 4 is 38.6 Å². The van der Waals surface area contributed by atoms with Gasteiger partial charge in [0.2, 0.25) is 15.9 Å². The minimum Gasteiger partial charge on any atom is -0.324 e. The predicted molar refractivity (Wildman–Crippen MR) is 86.2 cm³/mol. The van der Waals surface area contributed by atoms with Gasteiger partial charge in [0.1, 0.15) is 0 Å². The molecule has 1 amide bonds. The van der Waals surface area contributed by atoms with Crippen LogP contribution in [0.2, 0.25) is 0 Å². The van der Waals surface area contributed by atoms with Crippen LogP contribution in [0.15, 0.2) is 41.8 Å². The highest BCUT2D eigenvalue weighted by Gasteiger charge is 2.10. The third-order valence-electron chi connectivity index (χ3n) is 2.68. The summed E-state index contributed by atoms with van der Waals surface area (Å²) in [6.45, 7) is 0. The number of thiophene rings is 1. The number of hydrogen-bond donors (Lipinski definition) is 2. The van der Waals surface area contributed by atoms with Crippen LogP contribution in [-0.2, 0) is 21.2 Å². The van der Waals surface area contributed by atoms with Gasteiger partial charge in [0, 0.05) is 11.3 Å². The van der Waals surface area contributed by atoms with Crippen molar-refractivity contribution < 1.29 is 13.2 Å². The Kier molecular flexibility index (Phi) is 4.98. The second-order valence-corrected chi connectivity index (χ2v) is 7.33. The number of carbonyl (C=O) groups excluding carboxylic acids is 1. The van der Waals surface area contributed by atoms with Crippen LogP contribution in [0.3, 0.4) is 0 Å². The fraction of sp³-hybridized carbons (Fsp3) is 0.214. The third kappa shape index (κ3) is 5.20. The first-order valence-corrected chi connectivity index (χ1v) is 9.10. The molecule has 7 heteroatoms. The molecule has 0 saturated carbocycles. The first kappa shape index (κ1) is 15.5. The van der Waals surface area contributed by atoms with Crippen molar-refractivity contribution in [2.45, 2.75) is 12.8 Å². The zero-order valence-electron chi connectivity index (χ0n) is 11.5. The van der Waals surface area contributed by atoms with E-state index in [1.165, 1.54) is 0 Å². The molecule has 0 spiro atoms. The molecule has 112 valence electrons. The average molecular weight is 324 g/mol. The van der Waals surface area contributed by atoms with Crippen molar-refractivity contribution in [2.75, 3.05) is 16.3 Å². The molecule has 0 unspecified atom stereocenters. The Morgan fingerprint density at radius 3 is 2.48 bits per heavy atom. The Balaban J connectivity index is 2.00. The highest BCUT2D eigenvalue weighted by Crippen LogP contribution is 2.22. The Morgan fingerprint density at radius 1 is 1.14 bits per heavy atom. The first-order chi connectivity index (χ1) is 9.94. The molecule has 0 aliphatic rings. The van der Waals surface area contributed by atoms with Gasteiger partial charge in [-0.2, -0.15) is 0 Å². The lowest BCUT2D eigenvalue weighted by Gasteiger charge is -2.11. The lowest BCUT2D eigenvalue weighted by molar-refractivity contribution is -0.116. The fourth-order valence-corrected chi connectivity index (χ4v) is 3.07. The molecule has 0 radical (unpaired) electrons. The van der Waals surface area contributed by atoms with E-state index < -0.39 is 10.0 Å². The number of aryl methyl sites for hydroxylation is 1. The summed E-state index contributed by atoms with van der Waals surface area (Å²) < 4.78 is 25.0. The largest absolute Gasteiger partial charge is 0.324 e. The maximum atomic E-state index is 11.9. The van der Waals surface area contributed by atoms with E-state index >= 15 is 0 Å². The summed E-state index contributed by atoms with van der Waals surface area (Å²) in [4.78, 5) is 13.1. The van der Waals surface area contributed by atoms with Crippen LogP contribution in [0.4, 0.5) is 11.4 Å². The molecule has 5 nitrogen and oxygen atoms in total. The van der Waals surface area contributed by atoms with Gasteiger partial charge in [-0.05, 0) is 30.0 Å². The van der Waals surface area contributed by atoms with Crippen LogP contribution >= 0.6 is 11.3 Å². The number of hydrogen-bond acceptors (Lipinski definition) is 4. The minimum atomic E-state index is -3.38. The summed E-state index contributed by atoms with van der Waals surface area (Å²) in [6.07, 6.45) is 2.10. The highest BCUT2D eigenvalue weighted by atomic mass is 32.2. The zero-order valence-corrected chi connectivity index (χ0v) is 13.1. The number of para-hydroxylation sites is 2. The quantitative estimate of drug-likeness (QED) is 0.858. The Morgan fingerprint density at radius 2 is 1.86 bits per heavy atom. The van der Waals surface area contributed by atoms with E-state index in [1.54, 1.807) is 35.6 Å². The van der Waals surface area contributed by atoms with E-state index in [9.17, 15) is 13.2 Å². The molecule has 0 bridgehead atoms. The van der Waals surface area contributed by atoms with Gasteiger partial charge in [-0.15, -0.1) is 11.3 Å². The molecule has 21 heavy (non-hydrogen) atoms. The zero-order chi connectivity index (χ0) is 15.3. The van der Waals surface area contributed by atoms with Gasteiger partial charge < -0.3 is 5.32 Å². The van der Waals surface area contributed by atoms with Gasteiger partial charge in [0.25, 0.3) is 0 Å². The molecule has 0 saturated heterocycles. The smallest absolute Gasteiger partial charge is 0.229 e.